The molecule has 6 heteroatoms. The zero-order valence-electron chi connectivity index (χ0n) is 13.1. The lowest BCUT2D eigenvalue weighted by atomic mass is 10.1. The Morgan fingerprint density at radius 1 is 1.14 bits per heavy atom. The lowest BCUT2D eigenvalue weighted by molar-refractivity contribution is 0.148. The predicted octanol–water partition coefficient (Wildman–Crippen LogP) is 2.30. The summed E-state index contributed by atoms with van der Waals surface area (Å²) in [6.07, 6.45) is 5.24. The molecule has 0 spiro atoms. The first-order valence-electron chi connectivity index (χ1n) is 6.87. The molecule has 0 unspecified atom stereocenters. The van der Waals surface area contributed by atoms with Gasteiger partial charge in [0.15, 0.2) is 11.5 Å². The van der Waals surface area contributed by atoms with Crippen LogP contribution in [0.25, 0.3) is 0 Å². The minimum atomic E-state index is 0. The van der Waals surface area contributed by atoms with Crippen molar-refractivity contribution in [3.05, 3.63) is 23.8 Å². The van der Waals surface area contributed by atoms with Crippen LogP contribution in [-0.4, -0.2) is 56.7 Å². The molecule has 0 N–H and O–H groups in total. The number of methoxy groups -OCH3 is 1. The molecule has 1 aromatic carbocycles. The van der Waals surface area contributed by atoms with E-state index in [4.69, 9.17) is 15.9 Å². The summed E-state index contributed by atoms with van der Waals surface area (Å²) in [6, 6.07) is 6.05. The third-order valence-corrected chi connectivity index (χ3v) is 3.54. The van der Waals surface area contributed by atoms with E-state index < -0.39 is 0 Å². The minimum absolute atomic E-state index is 0. The molecule has 0 aliphatic carbocycles. The minimum Gasteiger partial charge on any atom is -0.493 e. The van der Waals surface area contributed by atoms with Crippen molar-refractivity contribution >= 4 is 24.8 Å². The van der Waals surface area contributed by atoms with Crippen molar-refractivity contribution < 1.29 is 9.47 Å². The van der Waals surface area contributed by atoms with Gasteiger partial charge in [-0.2, -0.15) is 0 Å². The van der Waals surface area contributed by atoms with Crippen LogP contribution in [0, 0.1) is 12.3 Å². The van der Waals surface area contributed by atoms with Gasteiger partial charge in [0.2, 0.25) is 0 Å². The molecule has 1 aromatic rings. The Morgan fingerprint density at radius 2 is 1.82 bits per heavy atom. The molecule has 0 bridgehead atoms. The van der Waals surface area contributed by atoms with E-state index in [0.717, 1.165) is 44.2 Å². The molecule has 22 heavy (non-hydrogen) atoms. The van der Waals surface area contributed by atoms with E-state index in [0.29, 0.717) is 0 Å². The first-order valence-corrected chi connectivity index (χ1v) is 6.87. The smallest absolute Gasteiger partial charge is 0.162 e. The predicted molar refractivity (Wildman–Crippen MR) is 94.6 cm³/mol. The van der Waals surface area contributed by atoms with E-state index in [1.807, 2.05) is 12.1 Å². The van der Waals surface area contributed by atoms with E-state index in [9.17, 15) is 0 Å². The first-order chi connectivity index (χ1) is 9.72. The van der Waals surface area contributed by atoms with Crippen molar-refractivity contribution in [3.63, 3.8) is 0 Å². The van der Waals surface area contributed by atoms with Gasteiger partial charge >= 0.3 is 0 Å². The fourth-order valence-electron chi connectivity index (χ4n) is 2.32. The van der Waals surface area contributed by atoms with Gasteiger partial charge in [0, 0.05) is 32.7 Å². The van der Waals surface area contributed by atoms with Crippen molar-refractivity contribution in [2.45, 2.75) is 6.54 Å². The van der Waals surface area contributed by atoms with Gasteiger partial charge in [-0.05, 0) is 24.7 Å². The zero-order chi connectivity index (χ0) is 14.4. The molecule has 0 atom stereocenters. The highest BCUT2D eigenvalue weighted by molar-refractivity contribution is 5.85. The Labute approximate surface area is 145 Å². The number of rotatable bonds is 5. The lowest BCUT2D eigenvalue weighted by Gasteiger charge is -2.32. The summed E-state index contributed by atoms with van der Waals surface area (Å²) in [5.74, 6) is 3.92. The van der Waals surface area contributed by atoms with Crippen LogP contribution < -0.4 is 9.47 Å². The standard InChI is InChI=1S/C16H22N2O2.2ClH/c1-4-11-20-16-12-14(5-6-15(16)19-3)13-18-9-7-17(2)8-10-18;;/h1,5-6,12H,7-11,13H2,2-3H3;2*1H. The second kappa shape index (κ2) is 10.6. The second-order valence-electron chi connectivity index (χ2n) is 5.06. The molecule has 1 aliphatic heterocycles. The van der Waals surface area contributed by atoms with Crippen LogP contribution in [0.2, 0.25) is 0 Å². The Bertz CT molecular complexity index is 484. The van der Waals surface area contributed by atoms with E-state index in [2.05, 4.69) is 28.8 Å². The van der Waals surface area contributed by atoms with Gasteiger partial charge in [-0.25, -0.2) is 0 Å². The number of benzene rings is 1. The van der Waals surface area contributed by atoms with E-state index in [-0.39, 0.29) is 31.4 Å². The number of hydrogen-bond acceptors (Lipinski definition) is 4. The molecule has 0 aromatic heterocycles. The van der Waals surface area contributed by atoms with Gasteiger partial charge in [-0.15, -0.1) is 31.2 Å². The van der Waals surface area contributed by atoms with Gasteiger partial charge in [-0.1, -0.05) is 12.0 Å². The third-order valence-electron chi connectivity index (χ3n) is 3.54. The van der Waals surface area contributed by atoms with Crippen LogP contribution in [0.3, 0.4) is 0 Å². The maximum atomic E-state index is 5.54. The van der Waals surface area contributed by atoms with Crippen LogP contribution in [0.1, 0.15) is 5.56 Å². The number of halogens is 2. The van der Waals surface area contributed by atoms with E-state index in [1.165, 1.54) is 5.56 Å². The van der Waals surface area contributed by atoms with Crippen LogP contribution >= 0.6 is 24.8 Å². The maximum absolute atomic E-state index is 5.54. The molecule has 1 aliphatic rings. The van der Waals surface area contributed by atoms with E-state index in [1.54, 1.807) is 7.11 Å². The van der Waals surface area contributed by atoms with Gasteiger partial charge in [0.1, 0.15) is 6.61 Å². The van der Waals surface area contributed by atoms with Crippen molar-refractivity contribution in [2.75, 3.05) is 46.9 Å². The molecular weight excluding hydrogens is 323 g/mol. The molecule has 0 amide bonds. The van der Waals surface area contributed by atoms with Crippen LogP contribution in [-0.2, 0) is 6.54 Å². The molecule has 1 heterocycles. The number of nitrogens with zero attached hydrogens (tertiary/aromatic N) is 2. The number of terminal acetylenes is 1. The summed E-state index contributed by atoms with van der Waals surface area (Å²) in [5, 5.41) is 0. The van der Waals surface area contributed by atoms with Gasteiger partial charge in [0.05, 0.1) is 7.11 Å². The summed E-state index contributed by atoms with van der Waals surface area (Å²) in [7, 11) is 3.80. The largest absolute Gasteiger partial charge is 0.493 e. The average molecular weight is 347 g/mol. The Kier molecular flexibility index (Phi) is 10.0. The molecule has 0 radical (unpaired) electrons. The molecule has 124 valence electrons. The highest BCUT2D eigenvalue weighted by Crippen LogP contribution is 2.28. The molecule has 1 saturated heterocycles. The highest BCUT2D eigenvalue weighted by Gasteiger charge is 2.14. The van der Waals surface area contributed by atoms with Gasteiger partial charge in [-0.3, -0.25) is 4.90 Å². The number of hydrogen-bond donors (Lipinski definition) is 0. The second-order valence-corrected chi connectivity index (χ2v) is 5.06. The summed E-state index contributed by atoms with van der Waals surface area (Å²) in [5.41, 5.74) is 1.22. The third kappa shape index (κ3) is 5.94. The highest BCUT2D eigenvalue weighted by atomic mass is 35.5. The Balaban J connectivity index is 0.00000220. The SMILES string of the molecule is C#CCOc1cc(CN2CCN(C)CC2)ccc1OC.Cl.Cl. The van der Waals surface area contributed by atoms with Crippen LogP contribution in [0.15, 0.2) is 18.2 Å². The lowest BCUT2D eigenvalue weighted by Crippen LogP contribution is -2.43. The van der Waals surface area contributed by atoms with Crippen molar-refractivity contribution in [1.29, 1.82) is 0 Å². The van der Waals surface area contributed by atoms with Crippen LogP contribution in [0.4, 0.5) is 0 Å². The molecule has 2 rings (SSSR count). The van der Waals surface area contributed by atoms with Crippen molar-refractivity contribution in [2.24, 2.45) is 0 Å². The molecule has 4 nitrogen and oxygen atoms in total. The molecular formula is C16H24Cl2N2O2. The average Bonchev–Trinajstić information content (AvgIpc) is 2.47. The number of ether oxygens (including phenoxy) is 2. The first kappa shape index (κ1) is 20.9. The number of piperazine rings is 1. The normalized spacial score (nSPS) is 15.1. The summed E-state index contributed by atoms with van der Waals surface area (Å²) < 4.78 is 10.8. The van der Waals surface area contributed by atoms with Gasteiger partial charge < -0.3 is 14.4 Å². The van der Waals surface area contributed by atoms with Gasteiger partial charge in [0.25, 0.3) is 0 Å². The fourth-order valence-corrected chi connectivity index (χ4v) is 2.32. The Hall–Kier alpha value is -1.12. The maximum Gasteiger partial charge on any atom is 0.162 e. The fraction of sp³-hybridized carbons (Fsp3) is 0.500. The quantitative estimate of drug-likeness (QED) is 0.763. The molecule has 0 saturated carbocycles. The monoisotopic (exact) mass is 346 g/mol. The summed E-state index contributed by atoms with van der Waals surface area (Å²) in [4.78, 5) is 4.80. The van der Waals surface area contributed by atoms with Crippen molar-refractivity contribution in [3.8, 4) is 23.8 Å². The number of likely N-dealkylation sites (N-methyl/N-ethyl adjacent to an activating group) is 1. The molecule has 1 fully saturated rings. The zero-order valence-corrected chi connectivity index (χ0v) is 14.7. The Morgan fingerprint density at radius 3 is 2.41 bits per heavy atom. The summed E-state index contributed by atoms with van der Waals surface area (Å²) in [6.45, 7) is 5.64. The topological polar surface area (TPSA) is 24.9 Å². The van der Waals surface area contributed by atoms with Crippen LogP contribution in [0.5, 0.6) is 11.5 Å². The van der Waals surface area contributed by atoms with Crippen molar-refractivity contribution in [1.82, 2.24) is 9.80 Å². The summed E-state index contributed by atoms with van der Waals surface area (Å²) >= 11 is 0. The van der Waals surface area contributed by atoms with E-state index >= 15 is 0 Å².